The molecule has 1 aromatic rings. The molecule has 0 spiro atoms. The Labute approximate surface area is 188 Å². The van der Waals surface area contributed by atoms with Crippen LogP contribution >= 0.6 is 11.8 Å². The highest BCUT2D eigenvalue weighted by Crippen LogP contribution is 2.25. The lowest BCUT2D eigenvalue weighted by atomic mass is 9.97. The molecule has 0 radical (unpaired) electrons. The Morgan fingerprint density at radius 1 is 1.07 bits per heavy atom. The van der Waals surface area contributed by atoms with Gasteiger partial charge < -0.3 is 22.5 Å². The molecule has 0 saturated carbocycles. The van der Waals surface area contributed by atoms with Gasteiger partial charge in [-0.05, 0) is 26.0 Å². The molecule has 0 aliphatic rings. The summed E-state index contributed by atoms with van der Waals surface area (Å²) in [5.74, 6) is 1.50. The number of hydrogen-bond acceptors (Lipinski definition) is 6. The minimum atomic E-state index is -2.51. The van der Waals surface area contributed by atoms with Crippen molar-refractivity contribution in [3.8, 4) is 0 Å². The van der Waals surface area contributed by atoms with Crippen LogP contribution in [-0.4, -0.2) is 79.3 Å². The molecule has 0 N–H and O–H groups in total. The number of carbonyl (C=O) groups is 1. The molecular weight excluding hydrogens is 418 g/mol. The molecule has 0 bridgehead atoms. The highest BCUT2D eigenvalue weighted by Gasteiger charge is 2.37. The molecule has 0 atom stereocenters. The van der Waals surface area contributed by atoms with Gasteiger partial charge in [-0.2, -0.15) is 11.8 Å². The zero-order valence-electron chi connectivity index (χ0n) is 19.7. The SMILES string of the molecule is CO[Si](CCCSCC(C)(C)C(=O)OCC[N+](C)(C)Cc1ccccc1)(OC)OC. The van der Waals surface area contributed by atoms with Crippen LogP contribution in [-0.2, 0) is 29.4 Å². The van der Waals surface area contributed by atoms with Gasteiger partial charge >= 0.3 is 14.8 Å². The number of hydrogen-bond donors (Lipinski definition) is 0. The van der Waals surface area contributed by atoms with E-state index in [9.17, 15) is 4.79 Å². The van der Waals surface area contributed by atoms with E-state index < -0.39 is 14.2 Å². The van der Waals surface area contributed by atoms with Crippen molar-refractivity contribution in [3.63, 3.8) is 0 Å². The first kappa shape index (κ1) is 27.1. The van der Waals surface area contributed by atoms with Crippen LogP contribution in [0.2, 0.25) is 6.04 Å². The van der Waals surface area contributed by atoms with Crippen LogP contribution in [0.4, 0.5) is 0 Å². The van der Waals surface area contributed by atoms with Gasteiger partial charge in [0, 0.05) is 38.7 Å². The molecule has 0 fully saturated rings. The van der Waals surface area contributed by atoms with E-state index in [-0.39, 0.29) is 5.97 Å². The van der Waals surface area contributed by atoms with Gasteiger partial charge in [0.15, 0.2) is 0 Å². The summed E-state index contributed by atoms with van der Waals surface area (Å²) in [4.78, 5) is 12.6. The maximum absolute atomic E-state index is 12.6. The Morgan fingerprint density at radius 2 is 1.67 bits per heavy atom. The number of likely N-dealkylation sites (N-methyl/N-ethyl adjacent to an activating group) is 1. The van der Waals surface area contributed by atoms with Gasteiger partial charge in [-0.1, -0.05) is 30.3 Å². The van der Waals surface area contributed by atoms with E-state index in [4.69, 9.17) is 18.0 Å². The summed E-state index contributed by atoms with van der Waals surface area (Å²) in [6.45, 7) is 6.01. The molecule has 0 saturated heterocycles. The largest absolute Gasteiger partial charge is 0.500 e. The van der Waals surface area contributed by atoms with Gasteiger partial charge in [0.25, 0.3) is 0 Å². The molecule has 0 aliphatic heterocycles. The van der Waals surface area contributed by atoms with E-state index in [0.717, 1.165) is 41.5 Å². The third-order valence-corrected chi connectivity index (χ3v) is 9.44. The van der Waals surface area contributed by atoms with E-state index in [2.05, 4.69) is 38.4 Å². The van der Waals surface area contributed by atoms with Crippen LogP contribution in [0.5, 0.6) is 0 Å². The Morgan fingerprint density at radius 3 is 2.23 bits per heavy atom. The first-order valence-corrected chi connectivity index (χ1v) is 13.4. The summed E-state index contributed by atoms with van der Waals surface area (Å²) in [6, 6.07) is 11.2. The summed E-state index contributed by atoms with van der Waals surface area (Å²) in [5, 5.41) is 0. The summed E-state index contributed by atoms with van der Waals surface area (Å²) < 4.78 is 22.7. The smallest absolute Gasteiger partial charge is 0.459 e. The van der Waals surface area contributed by atoms with Gasteiger partial charge in [-0.15, -0.1) is 0 Å². The second kappa shape index (κ2) is 12.8. The van der Waals surface area contributed by atoms with Crippen molar-refractivity contribution in [2.24, 2.45) is 5.41 Å². The topological polar surface area (TPSA) is 54.0 Å². The zero-order valence-corrected chi connectivity index (χ0v) is 21.5. The fraction of sp³-hybridized carbons (Fsp3) is 0.682. The van der Waals surface area contributed by atoms with Crippen molar-refractivity contribution in [3.05, 3.63) is 35.9 Å². The van der Waals surface area contributed by atoms with Crippen LogP contribution < -0.4 is 0 Å². The Bertz CT molecular complexity index is 615. The summed E-state index contributed by atoms with van der Waals surface area (Å²) in [6.07, 6.45) is 0.919. The number of quaternary nitrogens is 1. The Kier molecular flexibility index (Phi) is 11.6. The van der Waals surface area contributed by atoms with Crippen LogP contribution in [0.1, 0.15) is 25.8 Å². The average molecular weight is 459 g/mol. The maximum Gasteiger partial charge on any atom is 0.500 e. The lowest BCUT2D eigenvalue weighted by molar-refractivity contribution is -0.903. The number of benzene rings is 1. The monoisotopic (exact) mass is 458 g/mol. The van der Waals surface area contributed by atoms with Crippen molar-refractivity contribution < 1.29 is 27.3 Å². The molecule has 6 nitrogen and oxygen atoms in total. The van der Waals surface area contributed by atoms with E-state index in [0.29, 0.717) is 6.61 Å². The lowest BCUT2D eigenvalue weighted by Crippen LogP contribution is -2.42. The molecular formula is C22H40NO5SSi+. The normalized spacial score (nSPS) is 12.8. The number of carbonyl (C=O) groups excluding carboxylic acids is 1. The predicted octanol–water partition coefficient (Wildman–Crippen LogP) is 3.83. The van der Waals surface area contributed by atoms with Crippen LogP contribution in [0.15, 0.2) is 30.3 Å². The summed E-state index contributed by atoms with van der Waals surface area (Å²) in [5.41, 5.74) is 0.771. The van der Waals surface area contributed by atoms with Crippen molar-refractivity contribution in [2.45, 2.75) is 32.9 Å². The first-order chi connectivity index (χ1) is 14.1. The number of nitrogens with zero attached hydrogens (tertiary/aromatic N) is 1. The van der Waals surface area contributed by atoms with Crippen LogP contribution in [0, 0.1) is 5.41 Å². The molecule has 0 amide bonds. The van der Waals surface area contributed by atoms with Gasteiger partial charge in [0.2, 0.25) is 0 Å². The molecule has 30 heavy (non-hydrogen) atoms. The van der Waals surface area contributed by atoms with Crippen molar-refractivity contribution in [1.29, 1.82) is 0 Å². The Hall–Kier alpha value is -0.903. The standard InChI is InChI=1S/C22H40NO5SSi/c1-22(2,19-29-16-11-17-30(25-5,26-6)27-7)21(24)28-15-14-23(3,4)18-20-12-9-8-10-13-20/h8-10,12-13H,11,14-19H2,1-7H3/q+1. The summed E-state index contributed by atoms with van der Waals surface area (Å²) >= 11 is 1.75. The quantitative estimate of drug-likeness (QED) is 0.172. The molecule has 0 aliphatic carbocycles. The number of rotatable bonds is 15. The van der Waals surface area contributed by atoms with E-state index in [1.54, 1.807) is 33.1 Å². The number of esters is 1. The van der Waals surface area contributed by atoms with Gasteiger partial charge in [0.1, 0.15) is 19.7 Å². The second-order valence-electron chi connectivity index (χ2n) is 8.77. The third kappa shape index (κ3) is 9.49. The van der Waals surface area contributed by atoms with Crippen molar-refractivity contribution >= 4 is 26.5 Å². The van der Waals surface area contributed by atoms with E-state index in [1.807, 2.05) is 19.9 Å². The minimum Gasteiger partial charge on any atom is -0.459 e. The fourth-order valence-corrected chi connectivity index (χ4v) is 6.17. The van der Waals surface area contributed by atoms with Gasteiger partial charge in [0.05, 0.1) is 19.5 Å². The maximum atomic E-state index is 12.6. The number of ether oxygens (including phenoxy) is 1. The third-order valence-electron chi connectivity index (χ3n) is 5.10. The van der Waals surface area contributed by atoms with Crippen molar-refractivity contribution in [1.82, 2.24) is 0 Å². The highest BCUT2D eigenvalue weighted by atomic mass is 32.2. The first-order valence-electron chi connectivity index (χ1n) is 10.4. The van der Waals surface area contributed by atoms with Crippen LogP contribution in [0.25, 0.3) is 0 Å². The molecule has 1 aromatic carbocycles. The molecule has 1 rings (SSSR count). The minimum absolute atomic E-state index is 0.135. The fourth-order valence-electron chi connectivity index (χ4n) is 3.07. The van der Waals surface area contributed by atoms with E-state index >= 15 is 0 Å². The van der Waals surface area contributed by atoms with Gasteiger partial charge in [-0.3, -0.25) is 4.79 Å². The molecule has 8 heteroatoms. The predicted molar refractivity (Wildman–Crippen MR) is 125 cm³/mol. The van der Waals surface area contributed by atoms with Gasteiger partial charge in [-0.25, -0.2) is 0 Å². The van der Waals surface area contributed by atoms with E-state index in [1.165, 1.54) is 5.56 Å². The average Bonchev–Trinajstić information content (AvgIpc) is 2.71. The molecule has 0 aromatic heterocycles. The Balaban J connectivity index is 2.33. The summed E-state index contributed by atoms with van der Waals surface area (Å²) in [7, 11) is 6.70. The molecule has 0 heterocycles. The van der Waals surface area contributed by atoms with Crippen LogP contribution in [0.3, 0.4) is 0 Å². The lowest BCUT2D eigenvalue weighted by Gasteiger charge is -2.30. The number of thioether (sulfide) groups is 1. The molecule has 0 unspecified atom stereocenters. The zero-order chi connectivity index (χ0) is 22.7. The highest BCUT2D eigenvalue weighted by molar-refractivity contribution is 7.99. The molecule has 172 valence electrons. The van der Waals surface area contributed by atoms with Crippen molar-refractivity contribution in [2.75, 3.05) is 60.1 Å². The second-order valence-corrected chi connectivity index (χ2v) is 13.0.